The summed E-state index contributed by atoms with van der Waals surface area (Å²) >= 11 is 4.72. The summed E-state index contributed by atoms with van der Waals surface area (Å²) < 4.78 is 28.2. The van der Waals surface area contributed by atoms with E-state index in [1.807, 2.05) is 6.92 Å². The van der Waals surface area contributed by atoms with Crippen LogP contribution in [0.25, 0.3) is 10.2 Å². The third-order valence-electron chi connectivity index (χ3n) is 2.47. The molecule has 1 heterocycles. The summed E-state index contributed by atoms with van der Waals surface area (Å²) in [7, 11) is -3.40. The topological polar surface area (TPSA) is 59.1 Å². The third-order valence-corrected chi connectivity index (χ3v) is 5.39. The van der Waals surface area contributed by atoms with Gasteiger partial charge in [0, 0.05) is 6.54 Å². The summed E-state index contributed by atoms with van der Waals surface area (Å²) in [5, 5.41) is 0. The quantitative estimate of drug-likeness (QED) is 0.844. The van der Waals surface area contributed by atoms with Crippen molar-refractivity contribution in [2.45, 2.75) is 24.7 Å². The first-order valence-electron chi connectivity index (χ1n) is 5.58. The highest BCUT2D eigenvalue weighted by Gasteiger charge is 2.14. The average molecular weight is 349 g/mol. The van der Waals surface area contributed by atoms with Gasteiger partial charge in [-0.1, -0.05) is 13.3 Å². The van der Waals surface area contributed by atoms with E-state index in [1.165, 1.54) is 11.3 Å². The second kappa shape index (κ2) is 5.64. The van der Waals surface area contributed by atoms with Crippen LogP contribution in [0.1, 0.15) is 19.8 Å². The zero-order valence-electron chi connectivity index (χ0n) is 9.81. The standard InChI is InChI=1S/C11H13BrN2O2S2/c1-2-3-6-13-18(15,16)8-4-5-9-10(7-8)17-11(12)14-9/h4-5,7,13H,2-3,6H2,1H3. The molecule has 18 heavy (non-hydrogen) atoms. The Hall–Kier alpha value is -0.500. The lowest BCUT2D eigenvalue weighted by Crippen LogP contribution is -2.24. The van der Waals surface area contributed by atoms with E-state index >= 15 is 0 Å². The molecular weight excluding hydrogens is 336 g/mol. The maximum atomic E-state index is 12.0. The van der Waals surface area contributed by atoms with Gasteiger partial charge in [0.15, 0.2) is 3.92 Å². The zero-order chi connectivity index (χ0) is 13.2. The van der Waals surface area contributed by atoms with Crippen LogP contribution >= 0.6 is 27.3 Å². The molecule has 0 aliphatic rings. The molecule has 1 aromatic carbocycles. The van der Waals surface area contributed by atoms with Crippen molar-refractivity contribution in [1.29, 1.82) is 0 Å². The Morgan fingerprint density at radius 1 is 1.44 bits per heavy atom. The van der Waals surface area contributed by atoms with Crippen LogP contribution in [0.5, 0.6) is 0 Å². The number of hydrogen-bond donors (Lipinski definition) is 1. The highest BCUT2D eigenvalue weighted by atomic mass is 79.9. The van der Waals surface area contributed by atoms with E-state index in [9.17, 15) is 8.42 Å². The molecule has 98 valence electrons. The fourth-order valence-corrected chi connectivity index (χ4v) is 4.13. The Balaban J connectivity index is 2.29. The van der Waals surface area contributed by atoms with Crippen LogP contribution in [0.2, 0.25) is 0 Å². The summed E-state index contributed by atoms with van der Waals surface area (Å²) in [6.07, 6.45) is 1.80. The molecular formula is C11H13BrN2O2S2. The van der Waals surface area contributed by atoms with Crippen molar-refractivity contribution >= 4 is 47.5 Å². The van der Waals surface area contributed by atoms with E-state index in [2.05, 4.69) is 25.6 Å². The first-order chi connectivity index (χ1) is 8.53. The van der Waals surface area contributed by atoms with Crippen LogP contribution in [0.3, 0.4) is 0 Å². The van der Waals surface area contributed by atoms with Gasteiger partial charge in [-0.2, -0.15) is 0 Å². The van der Waals surface area contributed by atoms with Gasteiger partial charge in [-0.25, -0.2) is 18.1 Å². The third kappa shape index (κ3) is 3.09. The lowest BCUT2D eigenvalue weighted by Gasteiger charge is -2.05. The zero-order valence-corrected chi connectivity index (χ0v) is 13.0. The lowest BCUT2D eigenvalue weighted by atomic mass is 10.3. The van der Waals surface area contributed by atoms with E-state index in [0.717, 1.165) is 27.0 Å². The molecule has 0 aliphatic carbocycles. The Labute approximate surface area is 119 Å². The van der Waals surface area contributed by atoms with Gasteiger partial charge in [0.1, 0.15) is 0 Å². The van der Waals surface area contributed by atoms with Gasteiger partial charge in [-0.15, -0.1) is 11.3 Å². The van der Waals surface area contributed by atoms with E-state index in [-0.39, 0.29) is 0 Å². The smallest absolute Gasteiger partial charge is 0.229 e. The Bertz CT molecular complexity index is 652. The van der Waals surface area contributed by atoms with Gasteiger partial charge in [-0.3, -0.25) is 0 Å². The van der Waals surface area contributed by atoms with Crippen molar-refractivity contribution in [3.8, 4) is 0 Å². The molecule has 0 atom stereocenters. The largest absolute Gasteiger partial charge is 0.240 e. The van der Waals surface area contributed by atoms with Crippen LogP contribution < -0.4 is 4.72 Å². The van der Waals surface area contributed by atoms with E-state index in [1.54, 1.807) is 18.2 Å². The highest BCUT2D eigenvalue weighted by molar-refractivity contribution is 9.11. The van der Waals surface area contributed by atoms with Gasteiger partial charge < -0.3 is 0 Å². The van der Waals surface area contributed by atoms with Gasteiger partial charge in [0.25, 0.3) is 0 Å². The number of fused-ring (bicyclic) bond motifs is 1. The average Bonchev–Trinajstić information content (AvgIpc) is 2.68. The van der Waals surface area contributed by atoms with Crippen molar-refractivity contribution in [3.05, 3.63) is 22.1 Å². The molecule has 0 fully saturated rings. The molecule has 0 radical (unpaired) electrons. The van der Waals surface area contributed by atoms with Crippen LogP contribution in [-0.4, -0.2) is 19.9 Å². The van der Waals surface area contributed by atoms with E-state index in [0.29, 0.717) is 11.4 Å². The molecule has 0 amide bonds. The molecule has 0 saturated heterocycles. The molecule has 4 nitrogen and oxygen atoms in total. The lowest BCUT2D eigenvalue weighted by molar-refractivity contribution is 0.578. The second-order valence-corrected chi connectivity index (χ2v) is 7.92. The van der Waals surface area contributed by atoms with Gasteiger partial charge in [0.2, 0.25) is 10.0 Å². The number of thiazole rings is 1. The molecule has 1 N–H and O–H groups in total. The van der Waals surface area contributed by atoms with Crippen molar-refractivity contribution in [1.82, 2.24) is 9.71 Å². The summed E-state index contributed by atoms with van der Waals surface area (Å²) in [6, 6.07) is 4.97. The normalized spacial score (nSPS) is 12.1. The highest BCUT2D eigenvalue weighted by Crippen LogP contribution is 2.27. The number of aromatic nitrogens is 1. The van der Waals surface area contributed by atoms with Crippen molar-refractivity contribution < 1.29 is 8.42 Å². The second-order valence-electron chi connectivity index (χ2n) is 3.85. The summed E-state index contributed by atoms with van der Waals surface area (Å²) in [4.78, 5) is 4.53. The monoisotopic (exact) mass is 348 g/mol. The molecule has 0 unspecified atom stereocenters. The van der Waals surface area contributed by atoms with Crippen molar-refractivity contribution in [2.24, 2.45) is 0 Å². The Morgan fingerprint density at radius 2 is 2.22 bits per heavy atom. The molecule has 1 aromatic heterocycles. The minimum atomic E-state index is -3.40. The summed E-state index contributed by atoms with van der Waals surface area (Å²) in [6.45, 7) is 2.50. The summed E-state index contributed by atoms with van der Waals surface area (Å²) in [5.74, 6) is 0. The van der Waals surface area contributed by atoms with Crippen molar-refractivity contribution in [2.75, 3.05) is 6.54 Å². The van der Waals surface area contributed by atoms with Crippen LogP contribution in [0.15, 0.2) is 27.0 Å². The summed E-state index contributed by atoms with van der Waals surface area (Å²) in [5.41, 5.74) is 0.805. The molecule has 2 rings (SSSR count). The maximum Gasteiger partial charge on any atom is 0.240 e. The minimum absolute atomic E-state index is 0.294. The SMILES string of the molecule is CCCCNS(=O)(=O)c1ccc2nc(Br)sc2c1. The molecule has 7 heteroatoms. The van der Waals surface area contributed by atoms with E-state index < -0.39 is 10.0 Å². The number of nitrogens with one attached hydrogen (secondary N) is 1. The predicted molar refractivity (Wildman–Crippen MR) is 77.4 cm³/mol. The first-order valence-corrected chi connectivity index (χ1v) is 8.68. The van der Waals surface area contributed by atoms with Gasteiger partial charge in [-0.05, 0) is 40.5 Å². The number of hydrogen-bond acceptors (Lipinski definition) is 4. The maximum absolute atomic E-state index is 12.0. The number of sulfonamides is 1. The number of unbranched alkanes of at least 4 members (excludes halogenated alkanes) is 1. The predicted octanol–water partition coefficient (Wildman–Crippen LogP) is 3.14. The number of benzene rings is 1. The number of rotatable bonds is 5. The van der Waals surface area contributed by atoms with E-state index in [4.69, 9.17) is 0 Å². The molecule has 0 saturated carbocycles. The molecule has 2 aromatic rings. The number of halogens is 1. The fourth-order valence-electron chi connectivity index (χ4n) is 1.51. The first kappa shape index (κ1) is 13.9. The fraction of sp³-hybridized carbons (Fsp3) is 0.364. The molecule has 0 spiro atoms. The Morgan fingerprint density at radius 3 is 2.94 bits per heavy atom. The minimum Gasteiger partial charge on any atom is -0.229 e. The van der Waals surface area contributed by atoms with Crippen molar-refractivity contribution in [3.63, 3.8) is 0 Å². The van der Waals surface area contributed by atoms with Crippen LogP contribution in [0, 0.1) is 0 Å². The molecule has 0 bridgehead atoms. The number of nitrogens with zero attached hydrogens (tertiary/aromatic N) is 1. The van der Waals surface area contributed by atoms with Gasteiger partial charge >= 0.3 is 0 Å². The Kier molecular flexibility index (Phi) is 4.37. The van der Waals surface area contributed by atoms with Gasteiger partial charge in [0.05, 0.1) is 15.1 Å². The van der Waals surface area contributed by atoms with Crippen LogP contribution in [-0.2, 0) is 10.0 Å². The van der Waals surface area contributed by atoms with Crippen LogP contribution in [0.4, 0.5) is 0 Å². The molecule has 0 aliphatic heterocycles.